The Hall–Kier alpha value is -0.870. The molecule has 4 heteroatoms. The Labute approximate surface area is 90.9 Å². The standard InChI is InChI=1S/C11H16O3S/c1-9(2)11-5-3-4-10(8-11)6-7-15(12,13)14/h3-5,8-9H,6-7H2,1-2H3,(H,12,13,14). The molecule has 0 aliphatic carbocycles. The average Bonchev–Trinajstić information content (AvgIpc) is 2.14. The van der Waals surface area contributed by atoms with E-state index in [1.54, 1.807) is 0 Å². The summed E-state index contributed by atoms with van der Waals surface area (Å²) in [6, 6.07) is 7.78. The average molecular weight is 228 g/mol. The topological polar surface area (TPSA) is 54.4 Å². The van der Waals surface area contributed by atoms with Gasteiger partial charge < -0.3 is 0 Å². The van der Waals surface area contributed by atoms with E-state index in [0.717, 1.165) is 5.56 Å². The Morgan fingerprint density at radius 3 is 2.53 bits per heavy atom. The zero-order valence-electron chi connectivity index (χ0n) is 8.97. The van der Waals surface area contributed by atoms with Crippen LogP contribution in [0.3, 0.4) is 0 Å². The van der Waals surface area contributed by atoms with E-state index in [1.807, 2.05) is 24.3 Å². The molecule has 1 N–H and O–H groups in total. The summed E-state index contributed by atoms with van der Waals surface area (Å²) in [6.07, 6.45) is 0.361. The number of rotatable bonds is 4. The maximum atomic E-state index is 10.6. The summed E-state index contributed by atoms with van der Waals surface area (Å²) in [4.78, 5) is 0. The van der Waals surface area contributed by atoms with Gasteiger partial charge in [0.15, 0.2) is 0 Å². The molecule has 0 bridgehead atoms. The first-order chi connectivity index (χ1) is 6.88. The Morgan fingerprint density at radius 2 is 2.00 bits per heavy atom. The second-order valence-corrected chi connectivity index (χ2v) is 5.51. The van der Waals surface area contributed by atoms with Gasteiger partial charge in [-0.05, 0) is 23.5 Å². The van der Waals surface area contributed by atoms with Crippen molar-refractivity contribution in [2.24, 2.45) is 0 Å². The first-order valence-corrected chi connectivity index (χ1v) is 6.53. The molecule has 0 heterocycles. The van der Waals surface area contributed by atoms with Crippen LogP contribution in [0.1, 0.15) is 30.9 Å². The molecule has 3 nitrogen and oxygen atoms in total. The van der Waals surface area contributed by atoms with Crippen molar-refractivity contribution < 1.29 is 13.0 Å². The van der Waals surface area contributed by atoms with Crippen LogP contribution in [0.2, 0.25) is 0 Å². The molecule has 0 fully saturated rings. The van der Waals surface area contributed by atoms with Crippen LogP contribution in [0.25, 0.3) is 0 Å². The van der Waals surface area contributed by atoms with Crippen molar-refractivity contribution in [1.29, 1.82) is 0 Å². The minimum absolute atomic E-state index is 0.214. The first-order valence-electron chi connectivity index (χ1n) is 4.92. The summed E-state index contributed by atoms with van der Waals surface area (Å²) >= 11 is 0. The van der Waals surface area contributed by atoms with Gasteiger partial charge in [-0.2, -0.15) is 8.42 Å². The monoisotopic (exact) mass is 228 g/mol. The minimum atomic E-state index is -3.86. The molecular weight excluding hydrogens is 212 g/mol. The third kappa shape index (κ3) is 4.44. The predicted octanol–water partition coefficient (Wildman–Crippen LogP) is 2.24. The van der Waals surface area contributed by atoms with Crippen LogP contribution in [0, 0.1) is 0 Å². The molecule has 0 aliphatic heterocycles. The highest BCUT2D eigenvalue weighted by Gasteiger charge is 2.06. The van der Waals surface area contributed by atoms with Crippen LogP contribution in [0.15, 0.2) is 24.3 Å². The van der Waals surface area contributed by atoms with Gasteiger partial charge in [-0.3, -0.25) is 4.55 Å². The molecule has 0 radical (unpaired) electrons. The Balaban J connectivity index is 2.74. The van der Waals surface area contributed by atoms with E-state index < -0.39 is 10.1 Å². The van der Waals surface area contributed by atoms with Gasteiger partial charge in [0.1, 0.15) is 0 Å². The zero-order chi connectivity index (χ0) is 11.5. The van der Waals surface area contributed by atoms with Crippen LogP contribution < -0.4 is 0 Å². The van der Waals surface area contributed by atoms with Crippen LogP contribution in [0.5, 0.6) is 0 Å². The van der Waals surface area contributed by atoms with E-state index in [9.17, 15) is 8.42 Å². The van der Waals surface area contributed by atoms with Gasteiger partial charge in [-0.15, -0.1) is 0 Å². The van der Waals surface area contributed by atoms with Gasteiger partial charge in [-0.1, -0.05) is 38.1 Å². The van der Waals surface area contributed by atoms with Crippen molar-refractivity contribution in [1.82, 2.24) is 0 Å². The van der Waals surface area contributed by atoms with E-state index >= 15 is 0 Å². The molecule has 0 atom stereocenters. The second kappa shape index (κ2) is 4.77. The van der Waals surface area contributed by atoms with Crippen molar-refractivity contribution in [3.8, 4) is 0 Å². The quantitative estimate of drug-likeness (QED) is 0.804. The summed E-state index contributed by atoms with van der Waals surface area (Å²) in [5.74, 6) is 0.213. The minimum Gasteiger partial charge on any atom is -0.286 e. The Bertz CT molecular complexity index is 421. The maximum absolute atomic E-state index is 10.6. The fraction of sp³-hybridized carbons (Fsp3) is 0.455. The van der Waals surface area contributed by atoms with Crippen LogP contribution >= 0.6 is 0 Å². The molecule has 0 amide bonds. The highest BCUT2D eigenvalue weighted by Crippen LogP contribution is 2.15. The van der Waals surface area contributed by atoms with E-state index in [2.05, 4.69) is 13.8 Å². The normalized spacial score (nSPS) is 12.0. The summed E-state index contributed by atoms with van der Waals surface area (Å²) < 4.78 is 29.8. The molecule has 0 saturated heterocycles. The molecule has 15 heavy (non-hydrogen) atoms. The highest BCUT2D eigenvalue weighted by atomic mass is 32.2. The maximum Gasteiger partial charge on any atom is 0.265 e. The lowest BCUT2D eigenvalue weighted by atomic mass is 10.0. The lowest BCUT2D eigenvalue weighted by molar-refractivity contribution is 0.482. The second-order valence-electron chi connectivity index (χ2n) is 3.94. The van der Waals surface area contributed by atoms with Crippen LogP contribution in [-0.2, 0) is 16.5 Å². The molecule has 84 valence electrons. The van der Waals surface area contributed by atoms with E-state index in [-0.39, 0.29) is 5.75 Å². The van der Waals surface area contributed by atoms with Crippen molar-refractivity contribution in [3.05, 3.63) is 35.4 Å². The fourth-order valence-corrected chi connectivity index (χ4v) is 1.85. The third-order valence-electron chi connectivity index (χ3n) is 2.27. The molecule has 0 spiro atoms. The number of aryl methyl sites for hydroxylation is 1. The van der Waals surface area contributed by atoms with Crippen LogP contribution in [0.4, 0.5) is 0 Å². The molecule has 1 aromatic carbocycles. The van der Waals surface area contributed by atoms with Gasteiger partial charge in [0.25, 0.3) is 10.1 Å². The smallest absolute Gasteiger partial charge is 0.265 e. The lowest BCUT2D eigenvalue weighted by Crippen LogP contribution is -2.06. The molecule has 1 rings (SSSR count). The predicted molar refractivity (Wildman–Crippen MR) is 60.7 cm³/mol. The summed E-state index contributed by atoms with van der Waals surface area (Å²) in [5.41, 5.74) is 2.13. The fourth-order valence-electron chi connectivity index (χ4n) is 1.35. The van der Waals surface area contributed by atoms with Gasteiger partial charge in [0, 0.05) is 0 Å². The molecule has 0 unspecified atom stereocenters. The van der Waals surface area contributed by atoms with Gasteiger partial charge in [0.05, 0.1) is 5.75 Å². The van der Waals surface area contributed by atoms with Crippen molar-refractivity contribution in [3.63, 3.8) is 0 Å². The van der Waals surface area contributed by atoms with Gasteiger partial charge in [-0.25, -0.2) is 0 Å². The largest absolute Gasteiger partial charge is 0.286 e. The van der Waals surface area contributed by atoms with Gasteiger partial charge in [0.2, 0.25) is 0 Å². The molecule has 0 aliphatic rings. The van der Waals surface area contributed by atoms with Crippen molar-refractivity contribution in [2.45, 2.75) is 26.2 Å². The Morgan fingerprint density at radius 1 is 1.33 bits per heavy atom. The van der Waals surface area contributed by atoms with Crippen molar-refractivity contribution >= 4 is 10.1 Å². The SMILES string of the molecule is CC(C)c1cccc(CCS(=O)(=O)O)c1. The number of benzene rings is 1. The summed E-state index contributed by atoms with van der Waals surface area (Å²) in [6.45, 7) is 4.17. The molecule has 1 aromatic rings. The van der Waals surface area contributed by atoms with E-state index in [4.69, 9.17) is 4.55 Å². The third-order valence-corrected chi connectivity index (χ3v) is 2.99. The van der Waals surface area contributed by atoms with E-state index in [0.29, 0.717) is 12.3 Å². The molecular formula is C11H16O3S. The van der Waals surface area contributed by atoms with Gasteiger partial charge >= 0.3 is 0 Å². The van der Waals surface area contributed by atoms with Crippen molar-refractivity contribution in [2.75, 3.05) is 5.75 Å². The zero-order valence-corrected chi connectivity index (χ0v) is 9.79. The number of hydrogen-bond acceptors (Lipinski definition) is 2. The molecule has 0 saturated carbocycles. The van der Waals surface area contributed by atoms with E-state index in [1.165, 1.54) is 5.56 Å². The highest BCUT2D eigenvalue weighted by molar-refractivity contribution is 7.85. The first kappa shape index (κ1) is 12.2. The molecule has 0 aromatic heterocycles. The summed E-state index contributed by atoms with van der Waals surface area (Å²) in [7, 11) is -3.86. The number of hydrogen-bond donors (Lipinski definition) is 1. The Kier molecular flexibility index (Phi) is 3.88. The summed E-state index contributed by atoms with van der Waals surface area (Å²) in [5, 5.41) is 0. The van der Waals surface area contributed by atoms with Crippen LogP contribution in [-0.4, -0.2) is 18.7 Å². The lowest BCUT2D eigenvalue weighted by Gasteiger charge is -2.07.